The molecule has 162 valence electrons. The molecule has 0 aromatic heterocycles. The van der Waals surface area contributed by atoms with Crippen LogP contribution < -0.4 is 15.0 Å². The molecular weight excluding hydrogens is 404 g/mol. The number of nitrogens with zero attached hydrogens (tertiary/aromatic N) is 3. The molecule has 3 amide bonds. The molecule has 2 fully saturated rings. The second-order valence-electron chi connectivity index (χ2n) is 7.72. The van der Waals surface area contributed by atoms with Crippen LogP contribution in [-0.4, -0.2) is 73.8 Å². The predicted molar refractivity (Wildman–Crippen MR) is 110 cm³/mol. The maximum Gasteiger partial charge on any atom is 0.415 e. The van der Waals surface area contributed by atoms with Gasteiger partial charge in [0.15, 0.2) is 0 Å². The molecule has 0 aliphatic carbocycles. The van der Waals surface area contributed by atoms with Crippen LogP contribution >= 0.6 is 0 Å². The third-order valence-corrected chi connectivity index (χ3v) is 5.80. The smallest absolute Gasteiger partial charge is 0.415 e. The topological polar surface area (TPSA) is 110 Å². The molecular formula is C21H22N4O6. The van der Waals surface area contributed by atoms with Gasteiger partial charge in [0.1, 0.15) is 36.9 Å². The van der Waals surface area contributed by atoms with Gasteiger partial charge in [-0.05, 0) is 23.3 Å². The van der Waals surface area contributed by atoms with Crippen molar-refractivity contribution >= 4 is 35.2 Å². The number of amides is 3. The fraction of sp³-hybridized carbons (Fsp3) is 0.429. The Morgan fingerprint density at radius 3 is 2.84 bits per heavy atom. The minimum atomic E-state index is -0.463. The minimum Gasteiger partial charge on any atom is -0.489 e. The molecule has 4 aliphatic rings. The fourth-order valence-electron chi connectivity index (χ4n) is 4.20. The van der Waals surface area contributed by atoms with Crippen molar-refractivity contribution in [2.75, 3.05) is 37.7 Å². The fourth-order valence-corrected chi connectivity index (χ4v) is 4.20. The number of carbonyl (C=O) groups is 3. The standard InChI is InChI=1S/C21H22N4O6/c1-12(26)22-10-18-16-11-30-17-8-13(2-4-15(17)25(16)21(28)31-18)14-3-5-19(23-9-14)24-6-7-29-20(24)27/h2-4,8,16,18H,5-7,9-11H2,1H3,(H,22,26). The summed E-state index contributed by atoms with van der Waals surface area (Å²) in [7, 11) is 0. The zero-order chi connectivity index (χ0) is 21.5. The molecule has 31 heavy (non-hydrogen) atoms. The number of rotatable bonds is 3. The Morgan fingerprint density at radius 2 is 2.13 bits per heavy atom. The van der Waals surface area contributed by atoms with E-state index in [1.165, 1.54) is 6.92 Å². The van der Waals surface area contributed by atoms with Crippen molar-refractivity contribution in [1.29, 1.82) is 0 Å². The van der Waals surface area contributed by atoms with Crippen molar-refractivity contribution in [3.63, 3.8) is 0 Å². The number of anilines is 1. The van der Waals surface area contributed by atoms with Gasteiger partial charge < -0.3 is 19.5 Å². The van der Waals surface area contributed by atoms with Crippen LogP contribution in [0.1, 0.15) is 18.9 Å². The number of cyclic esters (lactones) is 2. The summed E-state index contributed by atoms with van der Waals surface area (Å²) in [4.78, 5) is 43.1. The first-order chi connectivity index (χ1) is 15.0. The summed E-state index contributed by atoms with van der Waals surface area (Å²) in [6, 6.07) is 5.38. The highest BCUT2D eigenvalue weighted by atomic mass is 16.6. The first-order valence-electron chi connectivity index (χ1n) is 10.2. The maximum absolute atomic E-state index is 12.5. The van der Waals surface area contributed by atoms with Crippen LogP contribution in [0.5, 0.6) is 5.75 Å². The zero-order valence-electron chi connectivity index (χ0n) is 17.0. The van der Waals surface area contributed by atoms with Gasteiger partial charge in [-0.25, -0.2) is 9.59 Å². The lowest BCUT2D eigenvalue weighted by molar-refractivity contribution is -0.119. The Morgan fingerprint density at radius 1 is 1.26 bits per heavy atom. The molecule has 10 nitrogen and oxygen atoms in total. The highest BCUT2D eigenvalue weighted by Crippen LogP contribution is 2.40. The lowest BCUT2D eigenvalue weighted by Crippen LogP contribution is -2.47. The van der Waals surface area contributed by atoms with Gasteiger partial charge in [0.05, 0.1) is 25.3 Å². The Balaban J connectivity index is 1.31. The summed E-state index contributed by atoms with van der Waals surface area (Å²) in [6.45, 7) is 3.32. The van der Waals surface area contributed by atoms with E-state index < -0.39 is 12.2 Å². The van der Waals surface area contributed by atoms with Crippen molar-refractivity contribution < 1.29 is 28.6 Å². The van der Waals surface area contributed by atoms with E-state index in [4.69, 9.17) is 14.2 Å². The number of aliphatic imine (C=N–C) groups is 1. The number of hydrogen-bond donors (Lipinski definition) is 1. The second kappa shape index (κ2) is 7.60. The van der Waals surface area contributed by atoms with Gasteiger partial charge in [0, 0.05) is 13.3 Å². The normalized spacial score (nSPS) is 24.4. The Labute approximate surface area is 178 Å². The molecule has 1 aromatic rings. The molecule has 2 atom stereocenters. The van der Waals surface area contributed by atoms with Crippen molar-refractivity contribution in [1.82, 2.24) is 10.2 Å². The second-order valence-corrected chi connectivity index (χ2v) is 7.72. The monoisotopic (exact) mass is 426 g/mol. The van der Waals surface area contributed by atoms with Crippen LogP contribution in [-0.2, 0) is 14.3 Å². The molecule has 10 heteroatoms. The van der Waals surface area contributed by atoms with Crippen molar-refractivity contribution in [3.8, 4) is 5.75 Å². The zero-order valence-corrected chi connectivity index (χ0v) is 17.0. The van der Waals surface area contributed by atoms with Crippen LogP contribution in [0.2, 0.25) is 0 Å². The maximum atomic E-state index is 12.5. The van der Waals surface area contributed by atoms with E-state index in [9.17, 15) is 14.4 Å². The molecule has 1 N–H and O–H groups in total. The van der Waals surface area contributed by atoms with Crippen LogP contribution in [0, 0.1) is 0 Å². The number of carbonyl (C=O) groups excluding carboxylic acids is 3. The number of benzene rings is 1. The Kier molecular flexibility index (Phi) is 4.76. The highest BCUT2D eigenvalue weighted by molar-refractivity contribution is 5.99. The summed E-state index contributed by atoms with van der Waals surface area (Å²) >= 11 is 0. The summed E-state index contributed by atoms with van der Waals surface area (Å²) in [5, 5.41) is 2.69. The van der Waals surface area contributed by atoms with E-state index in [1.807, 2.05) is 18.2 Å². The summed E-state index contributed by atoms with van der Waals surface area (Å²) < 4.78 is 16.4. The average Bonchev–Trinajstić information content (AvgIpc) is 3.35. The van der Waals surface area contributed by atoms with E-state index in [1.54, 1.807) is 9.80 Å². The number of hydrogen-bond acceptors (Lipinski definition) is 7. The van der Waals surface area contributed by atoms with Crippen LogP contribution in [0.4, 0.5) is 15.3 Å². The summed E-state index contributed by atoms with van der Waals surface area (Å²) in [5.41, 5.74) is 2.62. The van der Waals surface area contributed by atoms with Crippen LogP contribution in [0.3, 0.4) is 0 Å². The molecule has 4 aliphatic heterocycles. The van der Waals surface area contributed by atoms with Gasteiger partial charge in [-0.3, -0.25) is 19.6 Å². The molecule has 4 heterocycles. The summed E-state index contributed by atoms with van der Waals surface area (Å²) in [6.07, 6.45) is 1.35. The lowest BCUT2D eigenvalue weighted by Gasteiger charge is -2.31. The Bertz CT molecular complexity index is 1020. The van der Waals surface area contributed by atoms with Gasteiger partial charge >= 0.3 is 12.2 Å². The number of dihydropyridines is 1. The first kappa shape index (κ1) is 19.4. The summed E-state index contributed by atoms with van der Waals surface area (Å²) in [5.74, 6) is 1.14. The lowest BCUT2D eigenvalue weighted by atomic mass is 10.00. The molecule has 2 saturated heterocycles. The van der Waals surface area contributed by atoms with E-state index in [2.05, 4.69) is 16.4 Å². The van der Waals surface area contributed by atoms with E-state index in [-0.39, 0.29) is 31.2 Å². The van der Waals surface area contributed by atoms with Crippen LogP contribution in [0.25, 0.3) is 5.57 Å². The number of fused-ring (bicyclic) bond motifs is 3. The average molecular weight is 426 g/mol. The van der Waals surface area contributed by atoms with Gasteiger partial charge in [-0.2, -0.15) is 0 Å². The number of ether oxygens (including phenoxy) is 3. The molecule has 1 aromatic carbocycles. The van der Waals surface area contributed by atoms with Crippen molar-refractivity contribution in [2.45, 2.75) is 25.5 Å². The minimum absolute atomic E-state index is 0.176. The predicted octanol–water partition coefficient (Wildman–Crippen LogP) is 1.55. The van der Waals surface area contributed by atoms with Gasteiger partial charge in [0.25, 0.3) is 0 Å². The molecule has 0 bridgehead atoms. The molecule has 5 rings (SSSR count). The SMILES string of the molecule is CC(=O)NCC1OC(=O)N2c3ccc(C4=CCC(N5CCOC5=O)=NC4)cc3OCC12. The number of nitrogens with one attached hydrogen (secondary N) is 1. The van der Waals surface area contributed by atoms with Gasteiger partial charge in [-0.15, -0.1) is 0 Å². The quantitative estimate of drug-likeness (QED) is 0.785. The van der Waals surface area contributed by atoms with Gasteiger partial charge in [-0.1, -0.05) is 12.1 Å². The van der Waals surface area contributed by atoms with Crippen molar-refractivity contribution in [3.05, 3.63) is 29.8 Å². The van der Waals surface area contributed by atoms with E-state index in [0.29, 0.717) is 43.4 Å². The van der Waals surface area contributed by atoms with Crippen molar-refractivity contribution in [2.24, 2.45) is 4.99 Å². The van der Waals surface area contributed by atoms with E-state index in [0.717, 1.165) is 11.1 Å². The Hall–Kier alpha value is -3.56. The third kappa shape index (κ3) is 3.47. The number of amidine groups is 1. The molecule has 2 unspecified atom stereocenters. The highest BCUT2D eigenvalue weighted by Gasteiger charge is 2.46. The largest absolute Gasteiger partial charge is 0.489 e. The molecule has 0 spiro atoms. The third-order valence-electron chi connectivity index (χ3n) is 5.80. The molecule has 0 radical (unpaired) electrons. The van der Waals surface area contributed by atoms with Crippen LogP contribution in [0.15, 0.2) is 29.3 Å². The van der Waals surface area contributed by atoms with E-state index >= 15 is 0 Å². The van der Waals surface area contributed by atoms with Gasteiger partial charge in [0.2, 0.25) is 5.91 Å². The molecule has 0 saturated carbocycles. The first-order valence-corrected chi connectivity index (χ1v) is 10.2.